The van der Waals surface area contributed by atoms with Crippen LogP contribution in [0.5, 0.6) is 0 Å². The zero-order valence-electron chi connectivity index (χ0n) is 18.0. The highest BCUT2D eigenvalue weighted by atomic mass is 19.4. The molecule has 2 aromatic carbocycles. The van der Waals surface area contributed by atoms with E-state index in [1.54, 1.807) is 13.0 Å². The van der Waals surface area contributed by atoms with Gasteiger partial charge < -0.3 is 4.90 Å². The number of hydrogen-bond acceptors (Lipinski definition) is 4. The number of aromatic nitrogens is 4. The minimum Gasteiger partial charge on any atom is -0.326 e. The number of halogens is 6. The molecule has 5 rings (SSSR count). The zero-order chi connectivity index (χ0) is 24.3. The number of aryl methyl sites for hydroxylation is 1. The van der Waals surface area contributed by atoms with Crippen LogP contribution in [0.3, 0.4) is 0 Å². The molecule has 0 saturated heterocycles. The van der Waals surface area contributed by atoms with Crippen LogP contribution in [0.1, 0.15) is 31.7 Å². The molecule has 34 heavy (non-hydrogen) atoms. The molecule has 0 spiro atoms. The topological polar surface area (TPSA) is 46.3 Å². The Hall–Kier alpha value is -3.37. The number of hydrogen-bond donors (Lipinski definition) is 0. The van der Waals surface area contributed by atoms with Crippen LogP contribution in [0.2, 0.25) is 0 Å². The van der Waals surface area contributed by atoms with E-state index >= 15 is 0 Å². The van der Waals surface area contributed by atoms with E-state index in [0.29, 0.717) is 5.56 Å². The van der Waals surface area contributed by atoms with Gasteiger partial charge in [0.05, 0.1) is 16.3 Å². The van der Waals surface area contributed by atoms with Crippen LogP contribution in [-0.4, -0.2) is 32.3 Å². The summed E-state index contributed by atoms with van der Waals surface area (Å²) in [5.74, 6) is -2.74. The van der Waals surface area contributed by atoms with Crippen LogP contribution < -0.4 is 4.90 Å². The van der Waals surface area contributed by atoms with Crippen molar-refractivity contribution in [3.8, 4) is 0 Å². The SMILES string of the molecule is CCN(c1cc(F)cc(CCC2(C(F)(F)F)CC2)c1)c1nc2nncn2c2ccc(F)c(F)c12. The van der Waals surface area contributed by atoms with Crippen LogP contribution in [0.25, 0.3) is 16.7 Å². The Morgan fingerprint density at radius 3 is 2.53 bits per heavy atom. The lowest BCUT2D eigenvalue weighted by molar-refractivity contribution is -0.188. The number of nitrogens with zero attached hydrogens (tertiary/aromatic N) is 5. The summed E-state index contributed by atoms with van der Waals surface area (Å²) < 4.78 is 85.0. The highest BCUT2D eigenvalue weighted by Crippen LogP contribution is 2.60. The van der Waals surface area contributed by atoms with E-state index < -0.39 is 29.0 Å². The van der Waals surface area contributed by atoms with Gasteiger partial charge in [-0.15, -0.1) is 10.2 Å². The molecular weight excluding hydrogens is 460 g/mol. The molecule has 5 nitrogen and oxygen atoms in total. The first kappa shape index (κ1) is 22.4. The second-order valence-electron chi connectivity index (χ2n) is 8.53. The molecule has 0 bridgehead atoms. The average molecular weight is 479 g/mol. The summed E-state index contributed by atoms with van der Waals surface area (Å²) in [6.07, 6.45) is -2.95. The van der Waals surface area contributed by atoms with Gasteiger partial charge in [-0.1, -0.05) is 0 Å². The predicted molar refractivity (Wildman–Crippen MR) is 113 cm³/mol. The standard InChI is InChI=1S/C23H19F6N5/c1-2-33(15-10-13(9-14(24)11-15)5-6-22(7-8-22)23(27,28)29)20-18-17(4-3-16(25)19(18)26)34-12-30-32-21(34)31-20/h3-4,9-12H,2,5-8H2,1H3. The van der Waals surface area contributed by atoms with Crippen molar-refractivity contribution in [2.45, 2.75) is 38.8 Å². The van der Waals surface area contributed by atoms with Crippen molar-refractivity contribution in [2.24, 2.45) is 5.41 Å². The number of fused-ring (bicyclic) bond motifs is 3. The van der Waals surface area contributed by atoms with Crippen molar-refractivity contribution in [1.82, 2.24) is 19.6 Å². The van der Waals surface area contributed by atoms with E-state index in [1.165, 1.54) is 33.8 Å². The maximum absolute atomic E-state index is 15.0. The normalized spacial score (nSPS) is 15.3. The Kier molecular flexibility index (Phi) is 5.18. The van der Waals surface area contributed by atoms with Crippen molar-refractivity contribution in [1.29, 1.82) is 0 Å². The molecule has 2 aromatic heterocycles. The first-order chi connectivity index (χ1) is 16.1. The maximum Gasteiger partial charge on any atom is 0.394 e. The zero-order valence-corrected chi connectivity index (χ0v) is 18.0. The lowest BCUT2D eigenvalue weighted by atomic mass is 9.96. The Morgan fingerprint density at radius 2 is 1.85 bits per heavy atom. The van der Waals surface area contributed by atoms with Crippen molar-refractivity contribution in [3.63, 3.8) is 0 Å². The van der Waals surface area contributed by atoms with Crippen LogP contribution in [0.4, 0.5) is 37.8 Å². The Morgan fingerprint density at radius 1 is 1.09 bits per heavy atom. The molecule has 178 valence electrons. The average Bonchev–Trinajstić information content (AvgIpc) is 3.45. The number of alkyl halides is 3. The van der Waals surface area contributed by atoms with E-state index in [2.05, 4.69) is 15.2 Å². The lowest BCUT2D eigenvalue weighted by Gasteiger charge is -2.25. The summed E-state index contributed by atoms with van der Waals surface area (Å²) >= 11 is 0. The number of rotatable bonds is 6. The first-order valence-corrected chi connectivity index (χ1v) is 10.7. The van der Waals surface area contributed by atoms with Gasteiger partial charge in [-0.25, -0.2) is 13.2 Å². The van der Waals surface area contributed by atoms with E-state index in [-0.39, 0.29) is 60.4 Å². The van der Waals surface area contributed by atoms with Crippen LogP contribution in [0, 0.1) is 22.9 Å². The van der Waals surface area contributed by atoms with Crippen LogP contribution >= 0.6 is 0 Å². The van der Waals surface area contributed by atoms with Gasteiger partial charge in [0.1, 0.15) is 18.0 Å². The monoisotopic (exact) mass is 479 g/mol. The molecule has 2 heterocycles. The van der Waals surface area contributed by atoms with Gasteiger partial charge in [0.15, 0.2) is 11.6 Å². The summed E-state index contributed by atoms with van der Waals surface area (Å²) in [5, 5.41) is 7.52. The van der Waals surface area contributed by atoms with Crippen LogP contribution in [0.15, 0.2) is 36.7 Å². The third-order valence-electron chi connectivity index (χ3n) is 6.46. The molecule has 11 heteroatoms. The Labute approximate surface area is 190 Å². The minimum atomic E-state index is -4.29. The molecule has 0 aliphatic heterocycles. The third-order valence-corrected chi connectivity index (χ3v) is 6.46. The second kappa shape index (κ2) is 7.85. The molecule has 0 N–H and O–H groups in total. The third kappa shape index (κ3) is 3.63. The van der Waals surface area contributed by atoms with Gasteiger partial charge in [-0.3, -0.25) is 4.40 Å². The van der Waals surface area contributed by atoms with Crippen molar-refractivity contribution in [3.05, 3.63) is 59.7 Å². The molecule has 0 unspecified atom stereocenters. The van der Waals surface area contributed by atoms with Gasteiger partial charge >= 0.3 is 6.18 Å². The van der Waals surface area contributed by atoms with E-state index in [1.807, 2.05) is 0 Å². The molecule has 1 aliphatic rings. The van der Waals surface area contributed by atoms with Gasteiger partial charge in [-0.2, -0.15) is 18.2 Å². The quantitative estimate of drug-likeness (QED) is 0.312. The molecule has 1 saturated carbocycles. The fraction of sp³-hybridized carbons (Fsp3) is 0.348. The predicted octanol–water partition coefficient (Wildman–Crippen LogP) is 6.13. The second-order valence-corrected chi connectivity index (χ2v) is 8.53. The van der Waals surface area contributed by atoms with Crippen molar-refractivity contribution in [2.75, 3.05) is 11.4 Å². The molecule has 0 radical (unpaired) electrons. The molecule has 0 atom stereocenters. The number of benzene rings is 2. The fourth-order valence-corrected chi connectivity index (χ4v) is 4.37. The lowest BCUT2D eigenvalue weighted by Crippen LogP contribution is -2.25. The van der Waals surface area contributed by atoms with Crippen LogP contribution in [-0.2, 0) is 6.42 Å². The largest absolute Gasteiger partial charge is 0.394 e. The smallest absolute Gasteiger partial charge is 0.326 e. The van der Waals surface area contributed by atoms with Gasteiger partial charge in [0.2, 0.25) is 0 Å². The summed E-state index contributed by atoms with van der Waals surface area (Å²) in [5.41, 5.74) is -0.805. The summed E-state index contributed by atoms with van der Waals surface area (Å²) in [6.45, 7) is 1.91. The first-order valence-electron chi connectivity index (χ1n) is 10.7. The van der Waals surface area contributed by atoms with Gasteiger partial charge in [0, 0.05) is 12.2 Å². The highest BCUT2D eigenvalue weighted by Gasteiger charge is 2.62. The molecule has 1 fully saturated rings. The molecule has 4 aromatic rings. The summed E-state index contributed by atoms with van der Waals surface area (Å²) in [7, 11) is 0. The molecule has 1 aliphatic carbocycles. The number of anilines is 2. The Balaban J connectivity index is 1.59. The van der Waals surface area contributed by atoms with Gasteiger partial charge in [0.25, 0.3) is 5.78 Å². The minimum absolute atomic E-state index is 0.000467. The van der Waals surface area contributed by atoms with Gasteiger partial charge in [-0.05, 0) is 68.5 Å². The summed E-state index contributed by atoms with van der Waals surface area (Å²) in [4.78, 5) is 5.81. The van der Waals surface area contributed by atoms with E-state index in [0.717, 1.165) is 6.07 Å². The highest BCUT2D eigenvalue weighted by molar-refractivity contribution is 5.94. The maximum atomic E-state index is 15.0. The van der Waals surface area contributed by atoms with E-state index in [9.17, 15) is 26.3 Å². The van der Waals surface area contributed by atoms with Crippen molar-refractivity contribution >= 4 is 28.2 Å². The van der Waals surface area contributed by atoms with Crippen molar-refractivity contribution < 1.29 is 26.3 Å². The fourth-order valence-electron chi connectivity index (χ4n) is 4.37. The Bertz CT molecular complexity index is 1390. The van der Waals surface area contributed by atoms with E-state index in [4.69, 9.17) is 0 Å². The molecular formula is C23H19F6N5. The summed E-state index contributed by atoms with van der Waals surface area (Å²) in [6, 6.07) is 6.27. The molecule has 0 amide bonds.